The van der Waals surface area contributed by atoms with Crippen molar-refractivity contribution in [3.05, 3.63) is 35.4 Å². The predicted octanol–water partition coefficient (Wildman–Crippen LogP) is 4.88. The van der Waals surface area contributed by atoms with Crippen LogP contribution in [0.5, 0.6) is 0 Å². The van der Waals surface area contributed by atoms with Crippen molar-refractivity contribution in [3.8, 4) is 0 Å². The summed E-state index contributed by atoms with van der Waals surface area (Å²) in [6, 6.07) is 6.72. The first kappa shape index (κ1) is 35.4. The van der Waals surface area contributed by atoms with Crippen molar-refractivity contribution in [1.29, 1.82) is 0 Å². The van der Waals surface area contributed by atoms with Crippen molar-refractivity contribution >= 4 is 59.1 Å². The van der Waals surface area contributed by atoms with E-state index >= 15 is 0 Å². The van der Waals surface area contributed by atoms with Crippen LogP contribution in [0.4, 0.5) is 8.78 Å². The third-order valence-electron chi connectivity index (χ3n) is 4.73. The van der Waals surface area contributed by atoms with E-state index in [-0.39, 0.29) is 5.56 Å². The van der Waals surface area contributed by atoms with E-state index in [0.29, 0.717) is 12.5 Å². The van der Waals surface area contributed by atoms with Crippen LogP contribution in [0, 0.1) is 0 Å². The zero-order valence-electron chi connectivity index (χ0n) is 23.8. The number of esters is 1. The number of benzene rings is 1. The molecule has 17 heteroatoms. The standard InChI is InChI=1S/C21H42F2O9SSi5/c1-34(29-37(8,9)31-35(2,3)4)30-38(10,32-36(5,6)7)16-15-18-11-13-19(14-12-18)20(24)28-17-21(22,23)33(25,26)27/h11-14,34H,15-17H2,1-10H3,(H,25,26,27)/p-1. The van der Waals surface area contributed by atoms with Gasteiger partial charge < -0.3 is 25.8 Å². The van der Waals surface area contributed by atoms with Gasteiger partial charge >= 0.3 is 37.6 Å². The largest absolute Gasteiger partial charge is 0.743 e. The van der Waals surface area contributed by atoms with Gasteiger partial charge in [-0.25, -0.2) is 13.2 Å². The Morgan fingerprint density at radius 2 is 1.42 bits per heavy atom. The van der Waals surface area contributed by atoms with Crippen molar-refractivity contribution in [1.82, 2.24) is 0 Å². The quantitative estimate of drug-likeness (QED) is 0.149. The molecule has 0 saturated heterocycles. The average molecular weight is 648 g/mol. The van der Waals surface area contributed by atoms with Crippen LogP contribution >= 0.6 is 0 Å². The molecule has 0 fully saturated rings. The minimum Gasteiger partial charge on any atom is -0.743 e. The van der Waals surface area contributed by atoms with Crippen LogP contribution in [0.25, 0.3) is 0 Å². The fraction of sp³-hybridized carbons (Fsp3) is 0.667. The van der Waals surface area contributed by atoms with Gasteiger partial charge in [-0.15, -0.1) is 0 Å². The van der Waals surface area contributed by atoms with E-state index in [2.05, 4.69) is 44.0 Å². The number of ether oxygens (including phenoxy) is 1. The first-order chi connectivity index (χ1) is 16.8. The molecule has 0 amide bonds. The lowest BCUT2D eigenvalue weighted by molar-refractivity contribution is -0.00997. The predicted molar refractivity (Wildman–Crippen MR) is 153 cm³/mol. The highest BCUT2D eigenvalue weighted by Crippen LogP contribution is 2.26. The van der Waals surface area contributed by atoms with Gasteiger partial charge in [0.2, 0.25) is 0 Å². The van der Waals surface area contributed by atoms with Crippen LogP contribution in [-0.2, 0) is 37.7 Å². The van der Waals surface area contributed by atoms with Gasteiger partial charge in [-0.2, -0.15) is 8.78 Å². The molecule has 0 spiro atoms. The third kappa shape index (κ3) is 13.2. The van der Waals surface area contributed by atoms with E-state index in [4.69, 9.17) is 16.5 Å². The number of hydrogen-bond donors (Lipinski definition) is 0. The summed E-state index contributed by atoms with van der Waals surface area (Å²) in [5.74, 6) is -1.16. The van der Waals surface area contributed by atoms with Crippen molar-refractivity contribution in [3.63, 3.8) is 0 Å². The molecule has 0 radical (unpaired) electrons. The second-order valence-electron chi connectivity index (χ2n) is 11.6. The highest BCUT2D eigenvalue weighted by molar-refractivity contribution is 7.86. The minimum absolute atomic E-state index is 0.0496. The average Bonchev–Trinajstić information content (AvgIpc) is 2.66. The van der Waals surface area contributed by atoms with E-state index < -0.39 is 71.0 Å². The van der Waals surface area contributed by atoms with Crippen LogP contribution in [0.15, 0.2) is 24.3 Å². The van der Waals surface area contributed by atoms with Gasteiger partial charge in [-0.1, -0.05) is 12.1 Å². The van der Waals surface area contributed by atoms with Gasteiger partial charge in [0.25, 0.3) is 0 Å². The van der Waals surface area contributed by atoms with Crippen molar-refractivity contribution in [2.24, 2.45) is 0 Å². The third-order valence-corrected chi connectivity index (χ3v) is 22.3. The summed E-state index contributed by atoms with van der Waals surface area (Å²) in [6.07, 6.45) is 0.586. The zero-order chi connectivity index (χ0) is 29.8. The molecule has 0 N–H and O–H groups in total. The Labute approximate surface area is 231 Å². The molecule has 1 rings (SSSR count). The van der Waals surface area contributed by atoms with E-state index in [0.717, 1.165) is 5.56 Å². The molecule has 0 aliphatic carbocycles. The SMILES string of the molecule is C[SiH](O[Si](C)(C)O[Si](C)(C)C)O[Si](C)(CCc1ccc(C(=O)OCC(F)(F)S(=O)(=O)[O-])cc1)O[Si](C)(C)C. The molecule has 0 aromatic heterocycles. The smallest absolute Gasteiger partial charge is 0.367 e. The molecule has 0 aliphatic heterocycles. The number of carbonyl (C=O) groups is 1. The summed E-state index contributed by atoms with van der Waals surface area (Å²) >= 11 is 0. The van der Waals surface area contributed by atoms with E-state index in [1.54, 1.807) is 12.1 Å². The molecule has 0 heterocycles. The second-order valence-corrected chi connectivity index (χ2v) is 31.8. The minimum atomic E-state index is -5.94. The Kier molecular flexibility index (Phi) is 12.0. The number of alkyl halides is 2. The number of aryl methyl sites for hydroxylation is 1. The highest BCUT2D eigenvalue weighted by atomic mass is 32.2. The van der Waals surface area contributed by atoms with Gasteiger partial charge in [-0.3, -0.25) is 0 Å². The molecule has 2 atom stereocenters. The molecule has 38 heavy (non-hydrogen) atoms. The summed E-state index contributed by atoms with van der Waals surface area (Å²) < 4.78 is 88.3. The van der Waals surface area contributed by atoms with Gasteiger partial charge in [0, 0.05) is 0 Å². The first-order valence-electron chi connectivity index (χ1n) is 12.2. The Morgan fingerprint density at radius 1 is 0.921 bits per heavy atom. The topological polar surface area (TPSA) is 120 Å². The summed E-state index contributed by atoms with van der Waals surface area (Å²) in [6.45, 7) is 18.9. The van der Waals surface area contributed by atoms with Crippen LogP contribution in [-0.4, -0.2) is 73.8 Å². The van der Waals surface area contributed by atoms with E-state index in [1.807, 2.05) is 26.2 Å². The van der Waals surface area contributed by atoms with Gasteiger partial charge in [-0.05, 0) is 95.6 Å². The van der Waals surface area contributed by atoms with Crippen molar-refractivity contribution in [2.75, 3.05) is 6.61 Å². The fourth-order valence-corrected chi connectivity index (χ4v) is 24.6. The molecule has 9 nitrogen and oxygen atoms in total. The molecule has 0 saturated carbocycles. The van der Waals surface area contributed by atoms with E-state index in [1.165, 1.54) is 12.1 Å². The van der Waals surface area contributed by atoms with Crippen molar-refractivity contribution < 1.29 is 47.7 Å². The maximum absolute atomic E-state index is 13.3. The Bertz CT molecular complexity index is 1040. The second kappa shape index (κ2) is 12.9. The van der Waals surface area contributed by atoms with Crippen LogP contribution < -0.4 is 0 Å². The van der Waals surface area contributed by atoms with Gasteiger partial charge in [0.1, 0.15) is 0 Å². The maximum Gasteiger partial charge on any atom is 0.367 e. The molecule has 1 aromatic carbocycles. The summed E-state index contributed by atoms with van der Waals surface area (Å²) in [4.78, 5) is 12.0. The summed E-state index contributed by atoms with van der Waals surface area (Å²) in [7, 11) is -16.8. The van der Waals surface area contributed by atoms with Crippen LogP contribution in [0.1, 0.15) is 15.9 Å². The molecular weight excluding hydrogens is 607 g/mol. The first-order valence-corrected chi connectivity index (χ1v) is 27.8. The van der Waals surface area contributed by atoms with E-state index in [9.17, 15) is 26.5 Å². The lowest BCUT2D eigenvalue weighted by Gasteiger charge is -2.38. The molecule has 0 bridgehead atoms. The number of carbonyl (C=O) groups excluding carboxylic acids is 1. The van der Waals surface area contributed by atoms with Crippen LogP contribution in [0.3, 0.4) is 0 Å². The van der Waals surface area contributed by atoms with Gasteiger partial charge in [0.05, 0.1) is 5.56 Å². The number of halogens is 2. The molecule has 2 unspecified atom stereocenters. The Hall–Kier alpha value is -0.616. The monoisotopic (exact) mass is 647 g/mol. The highest BCUT2D eigenvalue weighted by Gasteiger charge is 2.41. The summed E-state index contributed by atoms with van der Waals surface area (Å²) in [5.41, 5.74) is 0.814. The maximum atomic E-state index is 13.3. The normalized spacial score (nSPS) is 16.1. The zero-order valence-corrected chi connectivity index (χ0v) is 29.8. The number of rotatable bonds is 15. The lowest BCUT2D eigenvalue weighted by Crippen LogP contribution is -2.54. The fourth-order valence-electron chi connectivity index (χ4n) is 3.80. The molecule has 1 aromatic rings. The molecular formula is C21H41F2O9SSi5-. The Morgan fingerprint density at radius 3 is 1.87 bits per heavy atom. The number of hydrogen-bond acceptors (Lipinski definition) is 9. The summed E-state index contributed by atoms with van der Waals surface area (Å²) in [5, 5.41) is -4.70. The molecule has 0 aliphatic rings. The van der Waals surface area contributed by atoms with Crippen molar-refractivity contribution in [2.45, 2.75) is 83.2 Å². The Balaban J connectivity index is 2.88. The van der Waals surface area contributed by atoms with Crippen LogP contribution in [0.2, 0.25) is 71.5 Å². The van der Waals surface area contributed by atoms with Gasteiger partial charge in [0.15, 0.2) is 33.4 Å². The molecule has 220 valence electrons. The lowest BCUT2D eigenvalue weighted by atomic mass is 10.1.